The molecule has 1 aromatic carbocycles. The van der Waals surface area contributed by atoms with Crippen molar-refractivity contribution in [2.45, 2.75) is 68.0 Å². The van der Waals surface area contributed by atoms with E-state index in [2.05, 4.69) is 14.8 Å². The van der Waals surface area contributed by atoms with Gasteiger partial charge in [-0.15, -0.1) is 0 Å². The van der Waals surface area contributed by atoms with Crippen LogP contribution in [0, 0.1) is 11.8 Å². The predicted octanol–water partition coefficient (Wildman–Crippen LogP) is 2.16. The first-order chi connectivity index (χ1) is 15.8. The van der Waals surface area contributed by atoms with E-state index in [0.717, 1.165) is 44.3 Å². The van der Waals surface area contributed by atoms with Gasteiger partial charge in [-0.2, -0.15) is 0 Å². The van der Waals surface area contributed by atoms with Gasteiger partial charge < -0.3 is 9.88 Å². The number of carbonyl (C=O) groups excluding carboxylic acids is 1. The molecule has 4 fully saturated rings. The van der Waals surface area contributed by atoms with E-state index in [1.54, 1.807) is 18.2 Å². The minimum Gasteiger partial charge on any atom is -0.341 e. The van der Waals surface area contributed by atoms with Crippen molar-refractivity contribution in [3.8, 4) is 0 Å². The summed E-state index contributed by atoms with van der Waals surface area (Å²) in [6.45, 7) is 2.38. The van der Waals surface area contributed by atoms with Crippen molar-refractivity contribution in [3.63, 3.8) is 0 Å². The number of benzene rings is 1. The minimum atomic E-state index is -3.34. The maximum absolute atomic E-state index is 13.1. The van der Waals surface area contributed by atoms with Crippen LogP contribution in [-0.2, 0) is 14.6 Å². The van der Waals surface area contributed by atoms with Crippen LogP contribution in [-0.4, -0.2) is 71.6 Å². The zero-order valence-electron chi connectivity index (χ0n) is 19.1. The Balaban J connectivity index is 1.19. The smallest absolute Gasteiger partial charge is 0.326 e. The maximum Gasteiger partial charge on any atom is 0.326 e. The molecule has 1 N–H and O–H groups in total. The van der Waals surface area contributed by atoms with Crippen molar-refractivity contribution in [1.29, 1.82) is 0 Å². The highest BCUT2D eigenvalue weighted by molar-refractivity contribution is 7.90. The van der Waals surface area contributed by atoms with Crippen LogP contribution in [0.15, 0.2) is 27.9 Å². The lowest BCUT2D eigenvalue weighted by molar-refractivity contribution is -0.133. The molecule has 3 saturated heterocycles. The van der Waals surface area contributed by atoms with Crippen LogP contribution in [0.2, 0.25) is 0 Å². The summed E-state index contributed by atoms with van der Waals surface area (Å²) in [5.74, 6) is 1.71. The van der Waals surface area contributed by atoms with Crippen molar-refractivity contribution >= 4 is 26.8 Å². The first-order valence-corrected chi connectivity index (χ1v) is 14.1. The van der Waals surface area contributed by atoms with Crippen molar-refractivity contribution in [2.24, 2.45) is 11.8 Å². The van der Waals surface area contributed by atoms with Crippen LogP contribution in [0.4, 0.5) is 0 Å². The summed E-state index contributed by atoms with van der Waals surface area (Å²) in [6, 6.07) is 5.56. The van der Waals surface area contributed by atoms with E-state index < -0.39 is 9.84 Å². The number of hydrogen-bond acceptors (Lipinski definition) is 5. The van der Waals surface area contributed by atoms with Gasteiger partial charge in [0.1, 0.15) is 0 Å². The first kappa shape index (κ1) is 21.4. The highest BCUT2D eigenvalue weighted by atomic mass is 32.2. The molecule has 1 amide bonds. The van der Waals surface area contributed by atoms with Gasteiger partial charge in [-0.25, -0.2) is 13.2 Å². The number of sulfone groups is 1. The highest BCUT2D eigenvalue weighted by Gasteiger charge is 2.44. The molecule has 4 atom stereocenters. The Morgan fingerprint density at radius 1 is 1.03 bits per heavy atom. The van der Waals surface area contributed by atoms with Gasteiger partial charge in [0.2, 0.25) is 5.91 Å². The molecular formula is C24H32N4O4S. The van der Waals surface area contributed by atoms with E-state index >= 15 is 0 Å². The molecular weight excluding hydrogens is 440 g/mol. The lowest BCUT2D eigenvalue weighted by atomic mass is 9.96. The molecule has 4 unspecified atom stereocenters. The third-order valence-corrected chi connectivity index (χ3v) is 9.85. The number of aromatic nitrogens is 2. The second-order valence-corrected chi connectivity index (χ2v) is 12.7. The standard InChI is InChI=1S/C24H32N4O4S/c1-33(31,32)20-7-8-22-21(11-20)25-24(30)28(22)19-9-17-5-6-18(10-19)27(17)14-23(29)26-12-15-3-2-4-16(15)13-26/h7-8,11,15-19H,2-6,9-10,12-14H2,1H3,(H,25,30). The van der Waals surface area contributed by atoms with Crippen molar-refractivity contribution in [3.05, 3.63) is 28.7 Å². The van der Waals surface area contributed by atoms with Crippen LogP contribution in [0.1, 0.15) is 51.0 Å². The molecule has 0 radical (unpaired) electrons. The van der Waals surface area contributed by atoms with Gasteiger partial charge in [-0.05, 0) is 68.6 Å². The van der Waals surface area contributed by atoms with Crippen molar-refractivity contribution < 1.29 is 13.2 Å². The number of imidazole rings is 1. The summed E-state index contributed by atoms with van der Waals surface area (Å²) in [6.07, 6.45) is 8.85. The molecule has 2 bridgehead atoms. The fourth-order valence-electron chi connectivity index (χ4n) is 7.11. The number of hydrogen-bond donors (Lipinski definition) is 1. The lowest BCUT2D eigenvalue weighted by Gasteiger charge is -2.39. The van der Waals surface area contributed by atoms with Gasteiger partial charge >= 0.3 is 5.69 Å². The van der Waals surface area contributed by atoms with Crippen LogP contribution in [0.5, 0.6) is 0 Å². The molecule has 8 nitrogen and oxygen atoms in total. The predicted molar refractivity (Wildman–Crippen MR) is 125 cm³/mol. The van der Waals surface area contributed by atoms with Gasteiger partial charge in [0.15, 0.2) is 9.84 Å². The summed E-state index contributed by atoms with van der Waals surface area (Å²) >= 11 is 0. The lowest BCUT2D eigenvalue weighted by Crippen LogP contribution is -2.49. The van der Waals surface area contributed by atoms with E-state index in [1.165, 1.54) is 25.5 Å². The largest absolute Gasteiger partial charge is 0.341 e. The molecule has 3 aliphatic heterocycles. The number of piperidine rings is 1. The van der Waals surface area contributed by atoms with E-state index in [4.69, 9.17) is 0 Å². The van der Waals surface area contributed by atoms with Gasteiger partial charge in [-0.1, -0.05) is 6.42 Å². The monoisotopic (exact) mass is 472 g/mol. The first-order valence-electron chi connectivity index (χ1n) is 12.3. The molecule has 2 aromatic rings. The van der Waals surface area contributed by atoms with Crippen LogP contribution in [0.25, 0.3) is 11.0 Å². The fourth-order valence-corrected chi connectivity index (χ4v) is 7.76. The molecule has 178 valence electrons. The Bertz CT molecular complexity index is 1240. The molecule has 9 heteroatoms. The highest BCUT2D eigenvalue weighted by Crippen LogP contribution is 2.42. The minimum absolute atomic E-state index is 0.0605. The van der Waals surface area contributed by atoms with E-state index in [-0.39, 0.29) is 22.5 Å². The second-order valence-electron chi connectivity index (χ2n) is 10.7. The van der Waals surface area contributed by atoms with Crippen LogP contribution >= 0.6 is 0 Å². The van der Waals surface area contributed by atoms with Crippen LogP contribution < -0.4 is 5.69 Å². The number of likely N-dealkylation sites (tertiary alicyclic amines) is 1. The average molecular weight is 473 g/mol. The number of rotatable bonds is 4. The van der Waals surface area contributed by atoms with E-state index in [0.29, 0.717) is 36.0 Å². The SMILES string of the molecule is CS(=O)(=O)c1ccc2c(c1)[nH]c(=O)n2C1CC2CCC(C1)N2CC(=O)N1CC2CCCC2C1. The molecule has 1 aliphatic carbocycles. The maximum atomic E-state index is 13.1. The molecule has 6 rings (SSSR count). The number of H-pyrrole nitrogens is 1. The van der Waals surface area contributed by atoms with Gasteiger partial charge in [0, 0.05) is 37.5 Å². The van der Waals surface area contributed by atoms with Gasteiger partial charge in [0.05, 0.1) is 22.5 Å². The third kappa shape index (κ3) is 3.64. The zero-order chi connectivity index (χ0) is 22.9. The number of nitrogens with zero attached hydrogens (tertiary/aromatic N) is 3. The van der Waals surface area contributed by atoms with Crippen LogP contribution in [0.3, 0.4) is 0 Å². The number of nitrogens with one attached hydrogen (secondary N) is 1. The molecule has 1 aromatic heterocycles. The Labute approximate surface area is 193 Å². The Morgan fingerprint density at radius 2 is 1.70 bits per heavy atom. The third-order valence-electron chi connectivity index (χ3n) is 8.74. The Hall–Kier alpha value is -2.13. The molecule has 4 heterocycles. The zero-order valence-corrected chi connectivity index (χ0v) is 19.9. The summed E-state index contributed by atoms with van der Waals surface area (Å²) < 4.78 is 25.6. The number of aromatic amines is 1. The molecule has 4 aliphatic rings. The molecule has 0 spiro atoms. The topological polar surface area (TPSA) is 95.5 Å². The van der Waals surface area contributed by atoms with Crippen molar-refractivity contribution in [2.75, 3.05) is 25.9 Å². The summed E-state index contributed by atoms with van der Waals surface area (Å²) in [5.41, 5.74) is 1.13. The van der Waals surface area contributed by atoms with E-state index in [9.17, 15) is 18.0 Å². The van der Waals surface area contributed by atoms with Gasteiger partial charge in [0.25, 0.3) is 0 Å². The van der Waals surface area contributed by atoms with Crippen molar-refractivity contribution in [1.82, 2.24) is 19.4 Å². The normalized spacial score (nSPS) is 32.0. The molecule has 33 heavy (non-hydrogen) atoms. The Kier molecular flexibility index (Phi) is 4.99. The average Bonchev–Trinajstić information content (AvgIpc) is 3.48. The second kappa shape index (κ2) is 7.70. The quantitative estimate of drug-likeness (QED) is 0.736. The number of amides is 1. The summed E-state index contributed by atoms with van der Waals surface area (Å²) in [7, 11) is -3.34. The fraction of sp³-hybridized carbons (Fsp3) is 0.667. The summed E-state index contributed by atoms with van der Waals surface area (Å²) in [4.78, 5) is 33.5. The number of fused-ring (bicyclic) bond motifs is 4. The molecule has 1 saturated carbocycles. The Morgan fingerprint density at radius 3 is 2.33 bits per heavy atom. The summed E-state index contributed by atoms with van der Waals surface area (Å²) in [5, 5.41) is 0. The van der Waals surface area contributed by atoms with Gasteiger partial charge in [-0.3, -0.25) is 14.3 Å². The van der Waals surface area contributed by atoms with E-state index in [1.807, 2.05) is 4.57 Å². The number of carbonyl (C=O) groups is 1.